The summed E-state index contributed by atoms with van der Waals surface area (Å²) in [6.45, 7) is 3.96. The summed E-state index contributed by atoms with van der Waals surface area (Å²) < 4.78 is 22.5. The largest absolute Gasteiger partial charge is 0.323 e. The zero-order valence-electron chi connectivity index (χ0n) is 12.1. The third-order valence-corrected chi connectivity index (χ3v) is 3.45. The molecule has 6 nitrogen and oxygen atoms in total. The molecule has 0 aromatic carbocycles. The Labute approximate surface area is 137 Å². The molecule has 0 aliphatic rings. The van der Waals surface area contributed by atoms with Gasteiger partial charge in [0, 0.05) is 6.26 Å². The van der Waals surface area contributed by atoms with Gasteiger partial charge in [0.05, 0.1) is 17.9 Å². The molecule has 0 aliphatic heterocycles. The van der Waals surface area contributed by atoms with Crippen LogP contribution in [0.1, 0.15) is 20.3 Å². The second kappa shape index (κ2) is 9.19. The van der Waals surface area contributed by atoms with Crippen molar-refractivity contribution in [3.05, 3.63) is 18.3 Å². The van der Waals surface area contributed by atoms with E-state index in [0.29, 0.717) is 18.0 Å². The Bertz CT molecular complexity index is 547. The Morgan fingerprint density at radius 3 is 2.29 bits per heavy atom. The molecule has 1 atom stereocenters. The number of amides is 1. The van der Waals surface area contributed by atoms with Crippen LogP contribution in [0.4, 0.5) is 5.69 Å². The SMILES string of the molecule is CC(C)C[C@H](N)C(=O)Nc1ccc(S(C)(=O)=O)nc1.Cl.Cl. The van der Waals surface area contributed by atoms with Crippen molar-refractivity contribution in [2.45, 2.75) is 31.3 Å². The van der Waals surface area contributed by atoms with Gasteiger partial charge in [-0.2, -0.15) is 0 Å². The summed E-state index contributed by atoms with van der Waals surface area (Å²) in [4.78, 5) is 15.5. The highest BCUT2D eigenvalue weighted by Gasteiger charge is 2.15. The average Bonchev–Trinajstić information content (AvgIpc) is 2.27. The minimum atomic E-state index is -3.33. The van der Waals surface area contributed by atoms with E-state index in [2.05, 4.69) is 10.3 Å². The zero-order valence-corrected chi connectivity index (χ0v) is 14.5. The first-order valence-electron chi connectivity index (χ1n) is 5.92. The Balaban J connectivity index is 0. The average molecular weight is 358 g/mol. The number of aromatic nitrogens is 1. The maximum Gasteiger partial charge on any atom is 0.241 e. The van der Waals surface area contributed by atoms with Crippen LogP contribution in [0.2, 0.25) is 0 Å². The van der Waals surface area contributed by atoms with Crippen molar-refractivity contribution in [2.75, 3.05) is 11.6 Å². The molecule has 1 aromatic rings. The van der Waals surface area contributed by atoms with Gasteiger partial charge in [0.2, 0.25) is 5.91 Å². The fourth-order valence-corrected chi connectivity index (χ4v) is 2.08. The first kappa shape index (κ1) is 22.4. The Kier molecular flexibility index (Phi) is 9.80. The lowest BCUT2D eigenvalue weighted by atomic mass is 10.0. The highest BCUT2D eigenvalue weighted by molar-refractivity contribution is 7.90. The molecule has 0 radical (unpaired) electrons. The normalized spacial score (nSPS) is 12.0. The number of nitrogens with zero attached hydrogens (tertiary/aromatic N) is 1. The summed E-state index contributed by atoms with van der Waals surface area (Å²) >= 11 is 0. The summed E-state index contributed by atoms with van der Waals surface area (Å²) in [5.41, 5.74) is 6.16. The fraction of sp³-hybridized carbons (Fsp3) is 0.500. The summed E-state index contributed by atoms with van der Waals surface area (Å²) in [5, 5.41) is 2.57. The van der Waals surface area contributed by atoms with Crippen LogP contribution in [0.5, 0.6) is 0 Å². The van der Waals surface area contributed by atoms with Crippen LogP contribution in [-0.4, -0.2) is 31.6 Å². The van der Waals surface area contributed by atoms with E-state index in [9.17, 15) is 13.2 Å². The summed E-state index contributed by atoms with van der Waals surface area (Å²) in [7, 11) is -3.33. The molecule has 0 bridgehead atoms. The van der Waals surface area contributed by atoms with Crippen molar-refractivity contribution in [1.82, 2.24) is 4.98 Å². The van der Waals surface area contributed by atoms with Crippen molar-refractivity contribution in [3.63, 3.8) is 0 Å². The number of carbonyl (C=O) groups excluding carboxylic acids is 1. The van der Waals surface area contributed by atoms with Crippen LogP contribution in [0.25, 0.3) is 0 Å². The van der Waals surface area contributed by atoms with Gasteiger partial charge in [-0.1, -0.05) is 13.8 Å². The Hall–Kier alpha value is -0.890. The number of pyridine rings is 1. The predicted molar refractivity (Wildman–Crippen MR) is 87.9 cm³/mol. The molecular weight excluding hydrogens is 337 g/mol. The molecule has 122 valence electrons. The van der Waals surface area contributed by atoms with Gasteiger partial charge in [-0.05, 0) is 24.5 Å². The summed E-state index contributed by atoms with van der Waals surface area (Å²) in [6, 6.07) is 2.25. The highest BCUT2D eigenvalue weighted by atomic mass is 35.5. The number of anilines is 1. The second-order valence-electron chi connectivity index (χ2n) is 4.88. The molecule has 0 saturated heterocycles. The number of nitrogens with two attached hydrogens (primary N) is 1. The summed E-state index contributed by atoms with van der Waals surface area (Å²) in [5.74, 6) is 0.0223. The van der Waals surface area contributed by atoms with Gasteiger partial charge >= 0.3 is 0 Å². The van der Waals surface area contributed by atoms with E-state index >= 15 is 0 Å². The van der Waals surface area contributed by atoms with E-state index in [-0.39, 0.29) is 35.7 Å². The van der Waals surface area contributed by atoms with Crippen LogP contribution < -0.4 is 11.1 Å². The zero-order chi connectivity index (χ0) is 14.6. The fourth-order valence-electron chi connectivity index (χ4n) is 1.52. The van der Waals surface area contributed by atoms with Crippen LogP contribution in [-0.2, 0) is 14.6 Å². The van der Waals surface area contributed by atoms with Crippen LogP contribution in [0.15, 0.2) is 23.4 Å². The Morgan fingerprint density at radius 2 is 1.90 bits per heavy atom. The molecule has 0 aliphatic carbocycles. The van der Waals surface area contributed by atoms with Crippen LogP contribution >= 0.6 is 24.8 Å². The third-order valence-electron chi connectivity index (χ3n) is 2.45. The monoisotopic (exact) mass is 357 g/mol. The van der Waals surface area contributed by atoms with Crippen molar-refractivity contribution in [3.8, 4) is 0 Å². The van der Waals surface area contributed by atoms with Crippen molar-refractivity contribution in [2.24, 2.45) is 11.7 Å². The lowest BCUT2D eigenvalue weighted by molar-refractivity contribution is -0.117. The van der Waals surface area contributed by atoms with Gasteiger partial charge in [-0.15, -0.1) is 24.8 Å². The van der Waals surface area contributed by atoms with Gasteiger partial charge < -0.3 is 11.1 Å². The Morgan fingerprint density at radius 1 is 1.33 bits per heavy atom. The lowest BCUT2D eigenvalue weighted by Gasteiger charge is -2.14. The van der Waals surface area contributed by atoms with Gasteiger partial charge in [-0.3, -0.25) is 4.79 Å². The number of hydrogen-bond donors (Lipinski definition) is 2. The molecule has 1 amide bonds. The summed E-state index contributed by atoms with van der Waals surface area (Å²) in [6.07, 6.45) is 2.96. The van der Waals surface area contributed by atoms with E-state index in [1.165, 1.54) is 18.3 Å². The smallest absolute Gasteiger partial charge is 0.241 e. The third kappa shape index (κ3) is 7.61. The number of carbonyl (C=O) groups is 1. The van der Waals surface area contributed by atoms with Crippen LogP contribution in [0.3, 0.4) is 0 Å². The van der Waals surface area contributed by atoms with Crippen molar-refractivity contribution >= 4 is 46.2 Å². The van der Waals surface area contributed by atoms with Crippen molar-refractivity contribution in [1.29, 1.82) is 0 Å². The number of rotatable bonds is 5. The molecule has 0 spiro atoms. The number of halogens is 2. The van der Waals surface area contributed by atoms with E-state index in [1.807, 2.05) is 13.8 Å². The van der Waals surface area contributed by atoms with E-state index in [0.717, 1.165) is 6.26 Å². The molecule has 9 heteroatoms. The van der Waals surface area contributed by atoms with Crippen molar-refractivity contribution < 1.29 is 13.2 Å². The first-order valence-corrected chi connectivity index (χ1v) is 7.82. The second-order valence-corrected chi connectivity index (χ2v) is 6.85. The topological polar surface area (TPSA) is 102 Å². The molecule has 3 N–H and O–H groups in total. The van der Waals surface area contributed by atoms with Gasteiger partial charge in [0.1, 0.15) is 0 Å². The molecule has 21 heavy (non-hydrogen) atoms. The van der Waals surface area contributed by atoms with Crippen LogP contribution in [0, 0.1) is 5.92 Å². The molecule has 0 unspecified atom stereocenters. The van der Waals surface area contributed by atoms with E-state index in [4.69, 9.17) is 5.73 Å². The first-order chi connectivity index (χ1) is 8.70. The maximum atomic E-state index is 11.7. The molecule has 1 heterocycles. The lowest BCUT2D eigenvalue weighted by Crippen LogP contribution is -2.36. The minimum Gasteiger partial charge on any atom is -0.323 e. The van der Waals surface area contributed by atoms with Gasteiger partial charge in [-0.25, -0.2) is 13.4 Å². The standard InChI is InChI=1S/C12H19N3O3S.2ClH/c1-8(2)6-10(13)12(16)15-9-4-5-11(14-7-9)19(3,17)18;;/h4-5,7-8,10H,6,13H2,1-3H3,(H,15,16);2*1H/t10-;;/m0../s1. The molecular formula is C12H21Cl2N3O3S. The van der Waals surface area contributed by atoms with Gasteiger partial charge in [0.15, 0.2) is 14.9 Å². The molecule has 1 rings (SSSR count). The quantitative estimate of drug-likeness (QED) is 0.833. The molecule has 0 saturated carbocycles. The van der Waals surface area contributed by atoms with E-state index < -0.39 is 15.9 Å². The molecule has 1 aromatic heterocycles. The molecule has 0 fully saturated rings. The highest BCUT2D eigenvalue weighted by Crippen LogP contribution is 2.11. The predicted octanol–water partition coefficient (Wildman–Crippen LogP) is 1.64. The number of sulfone groups is 1. The number of hydrogen-bond acceptors (Lipinski definition) is 5. The van der Waals surface area contributed by atoms with Gasteiger partial charge in [0.25, 0.3) is 0 Å². The number of nitrogens with one attached hydrogen (secondary N) is 1. The minimum absolute atomic E-state index is 0. The maximum absolute atomic E-state index is 11.7. The van der Waals surface area contributed by atoms with E-state index in [1.54, 1.807) is 0 Å².